The van der Waals surface area contributed by atoms with Crippen molar-refractivity contribution < 1.29 is 18.7 Å². The normalized spacial score (nSPS) is 13.7. The summed E-state index contributed by atoms with van der Waals surface area (Å²) in [6, 6.07) is 15.8. The number of imide groups is 1. The number of hydrogen-bond donors (Lipinski definition) is 1. The molecule has 3 aromatic carbocycles. The van der Waals surface area contributed by atoms with E-state index in [1.165, 1.54) is 31.4 Å². The molecule has 0 radical (unpaired) electrons. The van der Waals surface area contributed by atoms with Gasteiger partial charge in [-0.15, -0.1) is 0 Å². The number of carbonyl (C=O) groups excluding carboxylic acids is 2. The van der Waals surface area contributed by atoms with Gasteiger partial charge in [0.1, 0.15) is 17.3 Å². The number of aryl methyl sites for hydroxylation is 2. The van der Waals surface area contributed by atoms with Gasteiger partial charge in [-0.3, -0.25) is 9.59 Å². The monoisotopic (exact) mass is 450 g/mol. The molecule has 0 aromatic heterocycles. The smallest absolute Gasteiger partial charge is 0.282 e. The Morgan fingerprint density at radius 2 is 1.66 bits per heavy atom. The van der Waals surface area contributed by atoms with Gasteiger partial charge in [-0.1, -0.05) is 35.4 Å². The minimum absolute atomic E-state index is 0.0897. The van der Waals surface area contributed by atoms with E-state index in [0.29, 0.717) is 22.0 Å². The molecule has 0 unspecified atom stereocenters. The molecule has 3 aromatic rings. The summed E-state index contributed by atoms with van der Waals surface area (Å²) in [5.41, 5.74) is 3.54. The average molecular weight is 451 g/mol. The Morgan fingerprint density at radius 1 is 0.938 bits per heavy atom. The zero-order chi connectivity index (χ0) is 23.0. The molecule has 4 rings (SSSR count). The van der Waals surface area contributed by atoms with Crippen LogP contribution in [0.15, 0.2) is 66.4 Å². The van der Waals surface area contributed by atoms with Crippen LogP contribution in [0.4, 0.5) is 15.8 Å². The standard InChI is InChI=1S/C25H20ClFN2O3/c1-14-4-10-19(15(2)12-14)22-23(28-20-13-16(26)5-11-21(20)32-3)25(31)29(24(22)30)18-8-6-17(27)7-9-18/h4-13,28H,1-3H3. The highest BCUT2D eigenvalue weighted by Crippen LogP contribution is 2.37. The number of carbonyl (C=O) groups is 2. The molecule has 0 saturated carbocycles. The van der Waals surface area contributed by atoms with Gasteiger partial charge in [0.05, 0.1) is 24.1 Å². The van der Waals surface area contributed by atoms with Crippen LogP contribution < -0.4 is 15.0 Å². The Morgan fingerprint density at radius 3 is 2.31 bits per heavy atom. The van der Waals surface area contributed by atoms with Crippen molar-refractivity contribution in [3.05, 3.63) is 93.9 Å². The summed E-state index contributed by atoms with van der Waals surface area (Å²) in [4.78, 5) is 28.0. The Hall–Kier alpha value is -3.64. The maximum atomic E-state index is 13.5. The number of amides is 2. The van der Waals surface area contributed by atoms with E-state index in [1.54, 1.807) is 18.2 Å². The molecule has 0 atom stereocenters. The molecule has 0 saturated heterocycles. The SMILES string of the molecule is COc1ccc(Cl)cc1NC1=C(c2ccc(C)cc2C)C(=O)N(c2ccc(F)cc2)C1=O. The fraction of sp³-hybridized carbons (Fsp3) is 0.120. The lowest BCUT2D eigenvalue weighted by Gasteiger charge is -2.16. The highest BCUT2D eigenvalue weighted by Gasteiger charge is 2.41. The minimum atomic E-state index is -0.557. The zero-order valence-corrected chi connectivity index (χ0v) is 18.5. The number of benzene rings is 3. The van der Waals surface area contributed by atoms with Crippen molar-refractivity contribution in [2.24, 2.45) is 0 Å². The molecule has 2 amide bonds. The lowest BCUT2D eigenvalue weighted by molar-refractivity contribution is -0.120. The van der Waals surface area contributed by atoms with Gasteiger partial charge in [0.2, 0.25) is 0 Å². The van der Waals surface area contributed by atoms with Crippen LogP contribution in [-0.2, 0) is 9.59 Å². The fourth-order valence-corrected chi connectivity index (χ4v) is 3.90. The van der Waals surface area contributed by atoms with E-state index in [4.69, 9.17) is 16.3 Å². The topological polar surface area (TPSA) is 58.6 Å². The first-order valence-corrected chi connectivity index (χ1v) is 10.2. The van der Waals surface area contributed by atoms with Crippen LogP contribution in [0, 0.1) is 19.7 Å². The first kappa shape index (κ1) is 21.6. The zero-order valence-electron chi connectivity index (χ0n) is 17.7. The Kier molecular flexibility index (Phi) is 5.72. The predicted molar refractivity (Wildman–Crippen MR) is 123 cm³/mol. The number of hydrogen-bond acceptors (Lipinski definition) is 4. The highest BCUT2D eigenvalue weighted by atomic mass is 35.5. The van der Waals surface area contributed by atoms with E-state index >= 15 is 0 Å². The molecule has 162 valence electrons. The summed E-state index contributed by atoms with van der Waals surface area (Å²) < 4.78 is 18.8. The number of ether oxygens (including phenoxy) is 1. The van der Waals surface area contributed by atoms with Gasteiger partial charge in [-0.2, -0.15) is 0 Å². The molecule has 0 aliphatic carbocycles. The van der Waals surface area contributed by atoms with Crippen molar-refractivity contribution in [2.75, 3.05) is 17.3 Å². The van der Waals surface area contributed by atoms with Crippen molar-refractivity contribution in [2.45, 2.75) is 13.8 Å². The van der Waals surface area contributed by atoms with Crippen LogP contribution in [0.2, 0.25) is 5.02 Å². The first-order chi connectivity index (χ1) is 15.3. The van der Waals surface area contributed by atoms with Crippen LogP contribution in [0.3, 0.4) is 0 Å². The number of rotatable bonds is 5. The number of nitrogens with one attached hydrogen (secondary N) is 1. The first-order valence-electron chi connectivity index (χ1n) is 9.87. The van der Waals surface area contributed by atoms with E-state index in [2.05, 4.69) is 5.32 Å². The van der Waals surface area contributed by atoms with E-state index in [-0.39, 0.29) is 17.0 Å². The van der Waals surface area contributed by atoms with Crippen molar-refractivity contribution in [1.29, 1.82) is 0 Å². The van der Waals surface area contributed by atoms with E-state index in [1.807, 2.05) is 32.0 Å². The van der Waals surface area contributed by atoms with E-state index in [9.17, 15) is 14.0 Å². The maximum Gasteiger partial charge on any atom is 0.282 e. The lowest BCUT2D eigenvalue weighted by Crippen LogP contribution is -2.32. The Bertz CT molecular complexity index is 1270. The third-order valence-electron chi connectivity index (χ3n) is 5.24. The number of methoxy groups -OCH3 is 1. The van der Waals surface area contributed by atoms with Crippen molar-refractivity contribution >= 4 is 40.4 Å². The molecular weight excluding hydrogens is 431 g/mol. The largest absolute Gasteiger partial charge is 0.495 e. The maximum absolute atomic E-state index is 13.5. The molecule has 0 fully saturated rings. The second-order valence-electron chi connectivity index (χ2n) is 7.46. The predicted octanol–water partition coefficient (Wildman–Crippen LogP) is 5.50. The molecule has 32 heavy (non-hydrogen) atoms. The minimum Gasteiger partial charge on any atom is -0.495 e. The summed E-state index contributed by atoms with van der Waals surface area (Å²) in [6.45, 7) is 3.83. The molecule has 0 spiro atoms. The van der Waals surface area contributed by atoms with Crippen molar-refractivity contribution in [1.82, 2.24) is 0 Å². The van der Waals surface area contributed by atoms with Gasteiger partial charge in [-0.25, -0.2) is 9.29 Å². The number of nitrogens with zero attached hydrogens (tertiary/aromatic N) is 1. The summed E-state index contributed by atoms with van der Waals surface area (Å²) in [6.07, 6.45) is 0. The molecule has 7 heteroatoms. The highest BCUT2D eigenvalue weighted by molar-refractivity contribution is 6.46. The van der Waals surface area contributed by atoms with Gasteiger partial charge in [0, 0.05) is 5.02 Å². The summed E-state index contributed by atoms with van der Waals surface area (Å²) in [7, 11) is 1.50. The Balaban J connectivity index is 1.88. The van der Waals surface area contributed by atoms with Gasteiger partial charge < -0.3 is 10.1 Å². The summed E-state index contributed by atoms with van der Waals surface area (Å²) in [5.74, 6) is -1.06. The molecule has 1 aliphatic rings. The summed E-state index contributed by atoms with van der Waals surface area (Å²) >= 11 is 6.15. The number of halogens is 2. The van der Waals surface area contributed by atoms with Crippen LogP contribution in [-0.4, -0.2) is 18.9 Å². The van der Waals surface area contributed by atoms with Crippen molar-refractivity contribution in [3.8, 4) is 5.75 Å². The Labute approximate surface area is 190 Å². The van der Waals surface area contributed by atoms with Crippen LogP contribution >= 0.6 is 11.6 Å². The van der Waals surface area contributed by atoms with E-state index < -0.39 is 17.6 Å². The third-order valence-corrected chi connectivity index (χ3v) is 5.48. The number of anilines is 2. The van der Waals surface area contributed by atoms with Crippen LogP contribution in [0.5, 0.6) is 5.75 Å². The van der Waals surface area contributed by atoms with Gasteiger partial charge in [0.25, 0.3) is 11.8 Å². The molecular formula is C25H20ClFN2O3. The van der Waals surface area contributed by atoms with Crippen LogP contribution in [0.1, 0.15) is 16.7 Å². The molecule has 0 bridgehead atoms. The van der Waals surface area contributed by atoms with Gasteiger partial charge in [-0.05, 0) is 67.4 Å². The molecule has 5 nitrogen and oxygen atoms in total. The van der Waals surface area contributed by atoms with Crippen LogP contribution in [0.25, 0.3) is 5.57 Å². The van der Waals surface area contributed by atoms with E-state index in [0.717, 1.165) is 16.0 Å². The quantitative estimate of drug-likeness (QED) is 0.521. The molecule has 1 N–H and O–H groups in total. The van der Waals surface area contributed by atoms with Gasteiger partial charge in [0.15, 0.2) is 0 Å². The lowest BCUT2D eigenvalue weighted by atomic mass is 9.97. The van der Waals surface area contributed by atoms with Crippen molar-refractivity contribution in [3.63, 3.8) is 0 Å². The molecule has 1 heterocycles. The fourth-order valence-electron chi connectivity index (χ4n) is 3.73. The molecule has 1 aliphatic heterocycles. The third kappa shape index (κ3) is 3.85. The van der Waals surface area contributed by atoms with Gasteiger partial charge >= 0.3 is 0 Å². The average Bonchev–Trinajstić information content (AvgIpc) is 2.99. The second kappa shape index (κ2) is 8.48. The second-order valence-corrected chi connectivity index (χ2v) is 7.90. The summed E-state index contributed by atoms with van der Waals surface area (Å²) in [5, 5.41) is 3.51.